The number of rotatable bonds is 4. The molecule has 1 aromatic carbocycles. The van der Waals surface area contributed by atoms with Gasteiger partial charge in [-0.3, -0.25) is 4.79 Å². The summed E-state index contributed by atoms with van der Waals surface area (Å²) < 4.78 is 5.45. The van der Waals surface area contributed by atoms with Crippen molar-refractivity contribution in [3.05, 3.63) is 24.3 Å². The molecule has 0 radical (unpaired) electrons. The molecule has 2 unspecified atom stereocenters. The van der Waals surface area contributed by atoms with Gasteiger partial charge < -0.3 is 10.1 Å². The fourth-order valence-electron chi connectivity index (χ4n) is 5.48. The normalized spacial score (nSPS) is 37.7. The Hall–Kier alpha value is -1.22. The Bertz CT molecular complexity index is 598. The monoisotopic (exact) mass is 333 g/mol. The SMILES string of the molecule is CCOc1ccc(NC(=O)C23C[C@@H]4C[C@@H](CC(Cl)(C4)C2)C3)cc1. The lowest BCUT2D eigenvalue weighted by Gasteiger charge is -2.59. The van der Waals surface area contributed by atoms with Crippen molar-refractivity contribution in [3.63, 3.8) is 0 Å². The van der Waals surface area contributed by atoms with Gasteiger partial charge in [0.2, 0.25) is 5.91 Å². The largest absolute Gasteiger partial charge is 0.494 e. The van der Waals surface area contributed by atoms with E-state index in [0.29, 0.717) is 18.4 Å². The van der Waals surface area contributed by atoms with E-state index in [9.17, 15) is 4.79 Å². The molecule has 1 amide bonds. The average molecular weight is 334 g/mol. The zero-order chi connectivity index (χ0) is 16.1. The molecular formula is C19H24ClNO2. The van der Waals surface area contributed by atoms with Gasteiger partial charge >= 0.3 is 0 Å². The second-order valence-corrected chi connectivity index (χ2v) is 8.61. The first-order chi connectivity index (χ1) is 11.0. The van der Waals surface area contributed by atoms with Gasteiger partial charge in [0.25, 0.3) is 0 Å². The van der Waals surface area contributed by atoms with Crippen molar-refractivity contribution in [1.82, 2.24) is 0 Å². The van der Waals surface area contributed by atoms with Crippen LogP contribution in [0.1, 0.15) is 45.4 Å². The molecule has 4 aliphatic rings. The summed E-state index contributed by atoms with van der Waals surface area (Å²) in [4.78, 5) is 12.9. The summed E-state index contributed by atoms with van der Waals surface area (Å²) in [5.41, 5.74) is 0.600. The van der Waals surface area contributed by atoms with Gasteiger partial charge in [0.1, 0.15) is 5.75 Å². The molecule has 1 aromatic rings. The molecule has 5 rings (SSSR count). The molecule has 0 aromatic heterocycles. The van der Waals surface area contributed by atoms with Gasteiger partial charge in [-0.15, -0.1) is 11.6 Å². The zero-order valence-electron chi connectivity index (χ0n) is 13.6. The molecule has 4 fully saturated rings. The van der Waals surface area contributed by atoms with Crippen molar-refractivity contribution in [1.29, 1.82) is 0 Å². The maximum atomic E-state index is 13.0. The molecule has 4 aliphatic carbocycles. The first-order valence-electron chi connectivity index (χ1n) is 8.74. The maximum Gasteiger partial charge on any atom is 0.230 e. The van der Waals surface area contributed by atoms with Crippen LogP contribution in [0.25, 0.3) is 0 Å². The van der Waals surface area contributed by atoms with Crippen molar-refractivity contribution in [2.75, 3.05) is 11.9 Å². The summed E-state index contributed by atoms with van der Waals surface area (Å²) >= 11 is 6.83. The molecular weight excluding hydrogens is 310 g/mol. The number of ether oxygens (including phenoxy) is 1. The smallest absolute Gasteiger partial charge is 0.230 e. The van der Waals surface area contributed by atoms with Gasteiger partial charge in [-0.05, 0) is 81.5 Å². The molecule has 0 spiro atoms. The van der Waals surface area contributed by atoms with Crippen LogP contribution in [-0.2, 0) is 4.79 Å². The molecule has 4 bridgehead atoms. The summed E-state index contributed by atoms with van der Waals surface area (Å²) in [5, 5.41) is 3.13. The second kappa shape index (κ2) is 5.41. The minimum absolute atomic E-state index is 0.125. The van der Waals surface area contributed by atoms with Gasteiger partial charge in [0.05, 0.1) is 12.0 Å². The molecule has 4 heteroatoms. The quantitative estimate of drug-likeness (QED) is 0.818. The number of benzene rings is 1. The van der Waals surface area contributed by atoms with Crippen LogP contribution in [-0.4, -0.2) is 17.4 Å². The lowest BCUT2D eigenvalue weighted by Crippen LogP contribution is -2.57. The zero-order valence-corrected chi connectivity index (χ0v) is 14.4. The van der Waals surface area contributed by atoms with Gasteiger partial charge in [-0.2, -0.15) is 0 Å². The Labute approximate surface area is 142 Å². The van der Waals surface area contributed by atoms with E-state index in [4.69, 9.17) is 16.3 Å². The van der Waals surface area contributed by atoms with Crippen molar-refractivity contribution >= 4 is 23.2 Å². The molecule has 0 saturated heterocycles. The van der Waals surface area contributed by atoms with Gasteiger partial charge in [-0.1, -0.05) is 0 Å². The van der Waals surface area contributed by atoms with Crippen LogP contribution in [0.2, 0.25) is 0 Å². The molecule has 0 aliphatic heterocycles. The van der Waals surface area contributed by atoms with E-state index in [0.717, 1.165) is 43.5 Å². The minimum Gasteiger partial charge on any atom is -0.494 e. The Morgan fingerprint density at radius 3 is 2.43 bits per heavy atom. The number of nitrogens with one attached hydrogen (secondary N) is 1. The Kier molecular flexibility index (Phi) is 3.60. The number of alkyl halides is 1. The highest BCUT2D eigenvalue weighted by molar-refractivity contribution is 6.24. The Morgan fingerprint density at radius 1 is 1.22 bits per heavy atom. The van der Waals surface area contributed by atoms with E-state index in [1.165, 1.54) is 6.42 Å². The first-order valence-corrected chi connectivity index (χ1v) is 9.11. The van der Waals surface area contributed by atoms with Crippen LogP contribution in [0, 0.1) is 17.3 Å². The van der Waals surface area contributed by atoms with Crippen molar-refractivity contribution in [2.24, 2.45) is 17.3 Å². The fourth-order valence-corrected chi connectivity index (χ4v) is 6.17. The Balaban J connectivity index is 1.50. The first kappa shape index (κ1) is 15.3. The molecule has 4 atom stereocenters. The molecule has 4 saturated carbocycles. The minimum atomic E-state index is -0.246. The number of carbonyl (C=O) groups is 1. The van der Waals surface area contributed by atoms with Crippen LogP contribution in [0.4, 0.5) is 5.69 Å². The van der Waals surface area contributed by atoms with Crippen LogP contribution in [0.5, 0.6) is 5.75 Å². The third-order valence-electron chi connectivity index (χ3n) is 5.89. The van der Waals surface area contributed by atoms with E-state index < -0.39 is 0 Å². The summed E-state index contributed by atoms with van der Waals surface area (Å²) in [6.07, 6.45) is 6.35. The topological polar surface area (TPSA) is 38.3 Å². The lowest BCUT2D eigenvalue weighted by atomic mass is 9.49. The third kappa shape index (κ3) is 2.73. The standard InChI is InChI=1S/C19H24ClNO2/c1-2-23-16-5-3-15(4-6-16)21-17(22)18-8-13-7-14(9-18)11-19(20,10-13)12-18/h3-6,13-14H,2,7-12H2,1H3,(H,21,22)/t13-,14+,18?,19?. The number of amides is 1. The fraction of sp³-hybridized carbons (Fsp3) is 0.632. The third-order valence-corrected chi connectivity index (χ3v) is 6.34. The molecule has 1 N–H and O–H groups in total. The Morgan fingerprint density at radius 2 is 1.87 bits per heavy atom. The molecule has 0 heterocycles. The predicted octanol–water partition coefficient (Wildman–Crippen LogP) is 4.60. The van der Waals surface area contributed by atoms with E-state index in [1.54, 1.807) is 0 Å². The number of hydrogen-bond acceptors (Lipinski definition) is 2. The number of halogens is 1. The number of hydrogen-bond donors (Lipinski definition) is 1. The predicted molar refractivity (Wildman–Crippen MR) is 91.9 cm³/mol. The number of anilines is 1. The highest BCUT2D eigenvalue weighted by Gasteiger charge is 2.60. The van der Waals surface area contributed by atoms with E-state index in [-0.39, 0.29) is 16.2 Å². The van der Waals surface area contributed by atoms with E-state index in [1.807, 2.05) is 31.2 Å². The molecule has 124 valence electrons. The molecule has 23 heavy (non-hydrogen) atoms. The maximum absolute atomic E-state index is 13.0. The number of carbonyl (C=O) groups excluding carboxylic acids is 1. The van der Waals surface area contributed by atoms with Crippen molar-refractivity contribution < 1.29 is 9.53 Å². The second-order valence-electron chi connectivity index (χ2n) is 7.80. The van der Waals surface area contributed by atoms with Crippen LogP contribution in [0.15, 0.2) is 24.3 Å². The van der Waals surface area contributed by atoms with Crippen molar-refractivity contribution in [3.8, 4) is 5.75 Å². The molecule has 3 nitrogen and oxygen atoms in total. The van der Waals surface area contributed by atoms with Crippen LogP contribution < -0.4 is 10.1 Å². The van der Waals surface area contributed by atoms with Crippen LogP contribution >= 0.6 is 11.6 Å². The summed E-state index contributed by atoms with van der Waals surface area (Å²) in [6.45, 7) is 2.61. The van der Waals surface area contributed by atoms with Gasteiger partial charge in [0.15, 0.2) is 0 Å². The lowest BCUT2D eigenvalue weighted by molar-refractivity contribution is -0.138. The highest BCUT2D eigenvalue weighted by Crippen LogP contribution is 2.64. The van der Waals surface area contributed by atoms with Gasteiger partial charge in [-0.25, -0.2) is 0 Å². The van der Waals surface area contributed by atoms with Crippen LogP contribution in [0.3, 0.4) is 0 Å². The highest BCUT2D eigenvalue weighted by atomic mass is 35.5. The summed E-state index contributed by atoms with van der Waals surface area (Å²) in [6, 6.07) is 7.64. The van der Waals surface area contributed by atoms with Crippen molar-refractivity contribution in [2.45, 2.75) is 50.3 Å². The summed E-state index contributed by atoms with van der Waals surface area (Å²) in [7, 11) is 0. The summed E-state index contributed by atoms with van der Waals surface area (Å²) in [5.74, 6) is 2.28. The average Bonchev–Trinajstić information content (AvgIpc) is 2.47. The van der Waals surface area contributed by atoms with E-state index in [2.05, 4.69) is 5.32 Å². The van der Waals surface area contributed by atoms with E-state index >= 15 is 0 Å². The van der Waals surface area contributed by atoms with Gasteiger partial charge in [0, 0.05) is 10.6 Å².